The van der Waals surface area contributed by atoms with Gasteiger partial charge in [-0.3, -0.25) is 0 Å². The van der Waals surface area contributed by atoms with Gasteiger partial charge in [-0.2, -0.15) is 0 Å². The number of nitrogens with zero attached hydrogens (tertiary/aromatic N) is 2. The number of hydrogen-bond acceptors (Lipinski definition) is 3. The summed E-state index contributed by atoms with van der Waals surface area (Å²) in [6, 6.07) is 6.57. The average Bonchev–Trinajstić information content (AvgIpc) is 2.34. The zero-order valence-electron chi connectivity index (χ0n) is 11.8. The maximum Gasteiger partial charge on any atom is 0.0375 e. The van der Waals surface area contributed by atoms with Crippen LogP contribution >= 0.6 is 15.9 Å². The van der Waals surface area contributed by atoms with Crippen molar-refractivity contribution in [3.8, 4) is 0 Å². The Morgan fingerprint density at radius 1 is 1.17 bits per heavy atom. The molecular formula is C14H24BrN3. The molecule has 0 saturated heterocycles. The molecule has 18 heavy (non-hydrogen) atoms. The highest BCUT2D eigenvalue weighted by Crippen LogP contribution is 2.23. The van der Waals surface area contributed by atoms with E-state index in [-0.39, 0.29) is 0 Å². The minimum absolute atomic E-state index is 0.915. The minimum atomic E-state index is 0.915. The third-order valence-electron chi connectivity index (χ3n) is 2.93. The normalized spacial score (nSPS) is 11.0. The van der Waals surface area contributed by atoms with Crippen LogP contribution in [0.1, 0.15) is 12.5 Å². The summed E-state index contributed by atoms with van der Waals surface area (Å²) in [5.41, 5.74) is 2.56. The van der Waals surface area contributed by atoms with Gasteiger partial charge in [-0.15, -0.1) is 0 Å². The Labute approximate surface area is 119 Å². The minimum Gasteiger partial charge on any atom is -0.373 e. The highest BCUT2D eigenvalue weighted by atomic mass is 79.9. The molecule has 0 radical (unpaired) electrons. The van der Waals surface area contributed by atoms with E-state index in [1.165, 1.54) is 15.7 Å². The first kappa shape index (κ1) is 15.5. The molecule has 1 N–H and O–H groups in total. The van der Waals surface area contributed by atoms with Crippen molar-refractivity contribution in [2.75, 3.05) is 45.7 Å². The predicted molar refractivity (Wildman–Crippen MR) is 83.3 cm³/mol. The van der Waals surface area contributed by atoms with E-state index < -0.39 is 0 Å². The SMILES string of the molecule is CCNCc1ccc(N(C)CCN(C)C)cc1Br. The van der Waals surface area contributed by atoms with E-state index in [1.807, 2.05) is 0 Å². The second kappa shape index (κ2) is 7.77. The first-order chi connectivity index (χ1) is 8.54. The van der Waals surface area contributed by atoms with Crippen LogP contribution in [-0.4, -0.2) is 45.7 Å². The molecule has 0 amide bonds. The molecule has 1 rings (SSSR count). The van der Waals surface area contributed by atoms with E-state index in [9.17, 15) is 0 Å². The Balaban J connectivity index is 2.65. The van der Waals surface area contributed by atoms with Gasteiger partial charge < -0.3 is 15.1 Å². The standard InChI is InChI=1S/C14H24BrN3/c1-5-16-11-12-6-7-13(10-14(12)15)18(4)9-8-17(2)3/h6-7,10,16H,5,8-9,11H2,1-4H3. The highest BCUT2D eigenvalue weighted by molar-refractivity contribution is 9.10. The number of halogens is 1. The van der Waals surface area contributed by atoms with Crippen LogP contribution in [0.15, 0.2) is 22.7 Å². The lowest BCUT2D eigenvalue weighted by molar-refractivity contribution is 0.416. The molecular weight excluding hydrogens is 290 g/mol. The van der Waals surface area contributed by atoms with Gasteiger partial charge in [0.05, 0.1) is 0 Å². The van der Waals surface area contributed by atoms with Crippen molar-refractivity contribution in [3.63, 3.8) is 0 Å². The molecule has 0 aliphatic rings. The second-order valence-electron chi connectivity index (χ2n) is 4.78. The van der Waals surface area contributed by atoms with Gasteiger partial charge in [-0.25, -0.2) is 0 Å². The average molecular weight is 314 g/mol. The molecule has 0 aromatic heterocycles. The van der Waals surface area contributed by atoms with Crippen molar-refractivity contribution < 1.29 is 0 Å². The first-order valence-electron chi connectivity index (χ1n) is 6.39. The topological polar surface area (TPSA) is 18.5 Å². The number of rotatable bonds is 7. The molecule has 1 aromatic carbocycles. The number of nitrogens with one attached hydrogen (secondary N) is 1. The fraction of sp³-hybridized carbons (Fsp3) is 0.571. The zero-order chi connectivity index (χ0) is 13.5. The lowest BCUT2D eigenvalue weighted by Crippen LogP contribution is -2.28. The van der Waals surface area contributed by atoms with Crippen molar-refractivity contribution >= 4 is 21.6 Å². The molecule has 0 heterocycles. The lowest BCUT2D eigenvalue weighted by atomic mass is 10.2. The maximum absolute atomic E-state index is 3.65. The molecule has 0 fully saturated rings. The Morgan fingerprint density at radius 2 is 1.89 bits per heavy atom. The van der Waals surface area contributed by atoms with Crippen LogP contribution < -0.4 is 10.2 Å². The third kappa shape index (κ3) is 4.96. The van der Waals surface area contributed by atoms with Crippen LogP contribution in [0.25, 0.3) is 0 Å². The summed E-state index contributed by atoms with van der Waals surface area (Å²) in [4.78, 5) is 4.48. The number of anilines is 1. The van der Waals surface area contributed by atoms with Crippen molar-refractivity contribution in [2.45, 2.75) is 13.5 Å². The predicted octanol–water partition coefficient (Wildman–Crippen LogP) is 2.56. The van der Waals surface area contributed by atoms with Gasteiger partial charge in [-0.1, -0.05) is 28.9 Å². The third-order valence-corrected chi connectivity index (χ3v) is 3.66. The molecule has 0 aliphatic carbocycles. The van der Waals surface area contributed by atoms with E-state index in [1.54, 1.807) is 0 Å². The van der Waals surface area contributed by atoms with Gasteiger partial charge in [0, 0.05) is 36.8 Å². The van der Waals surface area contributed by atoms with E-state index in [2.05, 4.69) is 77.3 Å². The Bertz CT molecular complexity index is 366. The van der Waals surface area contributed by atoms with Crippen molar-refractivity contribution in [3.05, 3.63) is 28.2 Å². The Kier molecular flexibility index (Phi) is 6.68. The summed E-state index contributed by atoms with van der Waals surface area (Å²) in [6.07, 6.45) is 0. The lowest BCUT2D eigenvalue weighted by Gasteiger charge is -2.22. The quantitative estimate of drug-likeness (QED) is 0.834. The smallest absolute Gasteiger partial charge is 0.0375 e. The molecule has 0 unspecified atom stereocenters. The number of likely N-dealkylation sites (N-methyl/N-ethyl adjacent to an activating group) is 2. The van der Waals surface area contributed by atoms with Crippen molar-refractivity contribution in [1.82, 2.24) is 10.2 Å². The highest BCUT2D eigenvalue weighted by Gasteiger charge is 2.05. The molecule has 0 spiro atoms. The van der Waals surface area contributed by atoms with Crippen LogP contribution in [0.2, 0.25) is 0 Å². The zero-order valence-corrected chi connectivity index (χ0v) is 13.4. The van der Waals surface area contributed by atoms with Gasteiger partial charge in [0.25, 0.3) is 0 Å². The van der Waals surface area contributed by atoms with Gasteiger partial charge in [0.2, 0.25) is 0 Å². The molecule has 4 heteroatoms. The van der Waals surface area contributed by atoms with Gasteiger partial charge in [0.15, 0.2) is 0 Å². The van der Waals surface area contributed by atoms with Gasteiger partial charge in [0.1, 0.15) is 0 Å². The van der Waals surface area contributed by atoms with Gasteiger partial charge in [-0.05, 0) is 38.3 Å². The summed E-state index contributed by atoms with van der Waals surface area (Å²) < 4.78 is 1.18. The molecule has 0 aliphatic heterocycles. The fourth-order valence-electron chi connectivity index (χ4n) is 1.66. The van der Waals surface area contributed by atoms with Crippen LogP contribution in [0.5, 0.6) is 0 Å². The summed E-state index contributed by atoms with van der Waals surface area (Å²) in [5.74, 6) is 0. The molecule has 102 valence electrons. The summed E-state index contributed by atoms with van der Waals surface area (Å²) in [7, 11) is 6.34. The summed E-state index contributed by atoms with van der Waals surface area (Å²) in [6.45, 7) is 6.13. The van der Waals surface area contributed by atoms with E-state index in [0.717, 1.165) is 26.2 Å². The largest absolute Gasteiger partial charge is 0.373 e. The van der Waals surface area contributed by atoms with E-state index in [4.69, 9.17) is 0 Å². The number of benzene rings is 1. The molecule has 3 nitrogen and oxygen atoms in total. The van der Waals surface area contributed by atoms with Gasteiger partial charge >= 0.3 is 0 Å². The fourth-order valence-corrected chi connectivity index (χ4v) is 2.16. The summed E-state index contributed by atoms with van der Waals surface area (Å²) in [5, 5.41) is 3.34. The van der Waals surface area contributed by atoms with Crippen LogP contribution in [0.4, 0.5) is 5.69 Å². The maximum atomic E-state index is 3.65. The van der Waals surface area contributed by atoms with Crippen LogP contribution in [0, 0.1) is 0 Å². The Morgan fingerprint density at radius 3 is 2.44 bits per heavy atom. The van der Waals surface area contributed by atoms with E-state index in [0.29, 0.717) is 0 Å². The van der Waals surface area contributed by atoms with Crippen molar-refractivity contribution in [2.24, 2.45) is 0 Å². The molecule has 0 atom stereocenters. The first-order valence-corrected chi connectivity index (χ1v) is 7.19. The molecule has 1 aromatic rings. The van der Waals surface area contributed by atoms with E-state index >= 15 is 0 Å². The summed E-state index contributed by atoms with van der Waals surface area (Å²) >= 11 is 3.65. The van der Waals surface area contributed by atoms with Crippen LogP contribution in [-0.2, 0) is 6.54 Å². The van der Waals surface area contributed by atoms with Crippen molar-refractivity contribution in [1.29, 1.82) is 0 Å². The second-order valence-corrected chi connectivity index (χ2v) is 5.64. The molecule has 0 saturated carbocycles. The number of hydrogen-bond donors (Lipinski definition) is 1. The van der Waals surface area contributed by atoms with Crippen LogP contribution in [0.3, 0.4) is 0 Å². The Hall–Kier alpha value is -0.580. The molecule has 0 bridgehead atoms. The monoisotopic (exact) mass is 313 g/mol.